The van der Waals surface area contributed by atoms with Gasteiger partial charge in [-0.1, -0.05) is 29.8 Å². The summed E-state index contributed by atoms with van der Waals surface area (Å²) in [6.45, 7) is 5.03. The Morgan fingerprint density at radius 1 is 1.23 bits per heavy atom. The van der Waals surface area contributed by atoms with E-state index in [0.717, 1.165) is 32.6 Å². The minimum absolute atomic E-state index is 0.141. The lowest BCUT2D eigenvalue weighted by Crippen LogP contribution is -2.40. The van der Waals surface area contributed by atoms with Crippen LogP contribution in [-0.2, 0) is 9.59 Å². The molecule has 156 valence electrons. The summed E-state index contributed by atoms with van der Waals surface area (Å²) in [6, 6.07) is 7.68. The topological polar surface area (TPSA) is 95.4 Å². The zero-order chi connectivity index (χ0) is 21.3. The number of carbonyl (C=O) groups excluding carboxylic acids is 1. The molecule has 1 saturated heterocycles. The molecule has 1 aromatic carbocycles. The molecule has 0 bridgehead atoms. The molecule has 8 heteroatoms. The molecule has 4 rings (SSSR count). The van der Waals surface area contributed by atoms with Gasteiger partial charge < -0.3 is 15.3 Å². The maximum Gasteiger partial charge on any atom is 0.326 e. The van der Waals surface area contributed by atoms with E-state index in [4.69, 9.17) is 0 Å². The van der Waals surface area contributed by atoms with E-state index in [1.165, 1.54) is 16.8 Å². The van der Waals surface area contributed by atoms with E-state index in [1.54, 1.807) is 11.3 Å². The van der Waals surface area contributed by atoms with Crippen molar-refractivity contribution in [2.45, 2.75) is 39.2 Å². The number of aryl methyl sites for hydroxylation is 2. The number of hydrogen-bond acceptors (Lipinski definition) is 6. The molecule has 7 nitrogen and oxygen atoms in total. The van der Waals surface area contributed by atoms with Crippen molar-refractivity contribution in [3.8, 4) is 11.1 Å². The van der Waals surface area contributed by atoms with Crippen LogP contribution in [0.25, 0.3) is 21.3 Å². The highest BCUT2D eigenvalue weighted by Gasteiger charge is 2.33. The van der Waals surface area contributed by atoms with Gasteiger partial charge in [-0.3, -0.25) is 4.79 Å². The molecule has 1 atom stereocenters. The van der Waals surface area contributed by atoms with Crippen LogP contribution in [0.15, 0.2) is 30.6 Å². The van der Waals surface area contributed by atoms with E-state index in [1.807, 2.05) is 0 Å². The second kappa shape index (κ2) is 8.39. The maximum absolute atomic E-state index is 12.5. The minimum Gasteiger partial charge on any atom is -0.480 e. The van der Waals surface area contributed by atoms with Crippen LogP contribution in [0.5, 0.6) is 0 Å². The van der Waals surface area contributed by atoms with Gasteiger partial charge in [0, 0.05) is 30.0 Å². The van der Waals surface area contributed by atoms with Gasteiger partial charge in [-0.15, -0.1) is 11.3 Å². The van der Waals surface area contributed by atoms with Crippen LogP contribution < -0.4 is 5.32 Å². The average Bonchev–Trinajstić information content (AvgIpc) is 3.33. The fourth-order valence-corrected chi connectivity index (χ4v) is 5.01. The second-order valence-electron chi connectivity index (χ2n) is 7.56. The Bertz CT molecular complexity index is 1090. The number of fused-ring (bicyclic) bond motifs is 1. The number of aliphatic carboxylic acids is 1. The fourth-order valence-electron chi connectivity index (χ4n) is 4.00. The lowest BCUT2D eigenvalue weighted by molar-refractivity contribution is -0.148. The van der Waals surface area contributed by atoms with Crippen molar-refractivity contribution >= 4 is 39.2 Å². The third-order valence-corrected chi connectivity index (χ3v) is 6.51. The summed E-state index contributed by atoms with van der Waals surface area (Å²) in [5, 5.41) is 13.5. The molecule has 3 heterocycles. The molecule has 0 spiro atoms. The van der Waals surface area contributed by atoms with Gasteiger partial charge in [-0.25, -0.2) is 14.8 Å². The quantitative estimate of drug-likeness (QED) is 0.624. The Hall–Kier alpha value is -3.00. The summed E-state index contributed by atoms with van der Waals surface area (Å²) in [4.78, 5) is 36.3. The number of carboxylic acids is 1. The number of nitrogens with zero attached hydrogens (tertiary/aromatic N) is 3. The molecule has 0 saturated carbocycles. The van der Waals surface area contributed by atoms with E-state index in [9.17, 15) is 14.7 Å². The number of likely N-dealkylation sites (tertiary alicyclic amines) is 1. The van der Waals surface area contributed by atoms with Gasteiger partial charge in [-0.05, 0) is 32.3 Å². The Morgan fingerprint density at radius 2 is 2.00 bits per heavy atom. The molecule has 1 unspecified atom stereocenters. The van der Waals surface area contributed by atoms with E-state index < -0.39 is 12.0 Å². The first kappa shape index (κ1) is 20.3. The number of hydrogen-bond donors (Lipinski definition) is 2. The Kier molecular flexibility index (Phi) is 5.67. The van der Waals surface area contributed by atoms with E-state index in [2.05, 4.69) is 53.4 Å². The molecule has 1 aliphatic rings. The van der Waals surface area contributed by atoms with Crippen LogP contribution >= 0.6 is 11.3 Å². The summed E-state index contributed by atoms with van der Waals surface area (Å²) in [5.74, 6) is -0.371. The monoisotopic (exact) mass is 424 g/mol. The predicted molar refractivity (Wildman–Crippen MR) is 118 cm³/mol. The summed E-state index contributed by atoms with van der Waals surface area (Å²) >= 11 is 1.62. The SMILES string of the molecule is Cc1ccc(-c2c(C)sc3ncnc(NCCC(=O)N4CCCC4C(=O)O)c23)cc1. The molecule has 2 aromatic heterocycles. The summed E-state index contributed by atoms with van der Waals surface area (Å²) in [5.41, 5.74) is 3.42. The molecule has 1 amide bonds. The molecule has 1 aliphatic heterocycles. The molecule has 30 heavy (non-hydrogen) atoms. The molecular weight excluding hydrogens is 400 g/mol. The summed E-state index contributed by atoms with van der Waals surface area (Å²) < 4.78 is 0. The average molecular weight is 425 g/mol. The zero-order valence-corrected chi connectivity index (χ0v) is 17.8. The fraction of sp³-hybridized carbons (Fsp3) is 0.364. The van der Waals surface area contributed by atoms with Crippen molar-refractivity contribution in [3.63, 3.8) is 0 Å². The highest BCUT2D eigenvalue weighted by Crippen LogP contribution is 2.40. The van der Waals surface area contributed by atoms with Gasteiger partial charge in [0.25, 0.3) is 0 Å². The van der Waals surface area contributed by atoms with Gasteiger partial charge >= 0.3 is 5.97 Å². The summed E-state index contributed by atoms with van der Waals surface area (Å²) in [7, 11) is 0. The Balaban J connectivity index is 1.54. The Labute approximate surface area is 178 Å². The molecule has 0 radical (unpaired) electrons. The van der Waals surface area contributed by atoms with Crippen LogP contribution in [0.1, 0.15) is 29.7 Å². The first-order valence-electron chi connectivity index (χ1n) is 10.0. The molecule has 1 fully saturated rings. The van der Waals surface area contributed by atoms with E-state index >= 15 is 0 Å². The number of aromatic nitrogens is 2. The van der Waals surface area contributed by atoms with Gasteiger partial charge in [-0.2, -0.15) is 0 Å². The largest absolute Gasteiger partial charge is 0.480 e. The first-order chi connectivity index (χ1) is 14.5. The number of carbonyl (C=O) groups is 2. The number of amides is 1. The number of nitrogens with one attached hydrogen (secondary N) is 1. The predicted octanol–water partition coefficient (Wildman–Crippen LogP) is 3.85. The standard InChI is InChI=1S/C22H24N4O3S/c1-13-5-7-15(8-6-13)18-14(2)30-21-19(18)20(24-12-25-21)23-10-9-17(27)26-11-3-4-16(26)22(28)29/h5-8,12,16H,3-4,9-11H2,1-2H3,(H,28,29)(H,23,24,25). The lowest BCUT2D eigenvalue weighted by Gasteiger charge is -2.21. The smallest absolute Gasteiger partial charge is 0.326 e. The molecule has 3 aromatic rings. The van der Waals surface area contributed by atoms with Gasteiger partial charge in [0.05, 0.1) is 5.39 Å². The molecular formula is C22H24N4O3S. The normalized spacial score (nSPS) is 16.2. The van der Waals surface area contributed by atoms with Gasteiger partial charge in [0.1, 0.15) is 23.0 Å². The van der Waals surface area contributed by atoms with Crippen LogP contribution in [0.3, 0.4) is 0 Å². The van der Waals surface area contributed by atoms with E-state index in [-0.39, 0.29) is 12.3 Å². The molecule has 0 aliphatic carbocycles. The van der Waals surface area contributed by atoms with Crippen LogP contribution in [0.4, 0.5) is 5.82 Å². The molecule has 2 N–H and O–H groups in total. The van der Waals surface area contributed by atoms with Crippen molar-refractivity contribution in [2.75, 3.05) is 18.4 Å². The van der Waals surface area contributed by atoms with Gasteiger partial charge in [0.2, 0.25) is 5.91 Å². The maximum atomic E-state index is 12.5. The number of benzene rings is 1. The van der Waals surface area contributed by atoms with Gasteiger partial charge in [0.15, 0.2) is 0 Å². The number of rotatable bonds is 6. The third kappa shape index (κ3) is 3.87. The van der Waals surface area contributed by atoms with Crippen LogP contribution in [-0.4, -0.2) is 51.0 Å². The number of thiophene rings is 1. The highest BCUT2D eigenvalue weighted by molar-refractivity contribution is 7.19. The third-order valence-electron chi connectivity index (χ3n) is 5.49. The van der Waals surface area contributed by atoms with Crippen molar-refractivity contribution in [2.24, 2.45) is 0 Å². The number of carboxylic acid groups (broad SMARTS) is 1. The van der Waals surface area contributed by atoms with Crippen LogP contribution in [0, 0.1) is 13.8 Å². The van der Waals surface area contributed by atoms with E-state index in [0.29, 0.717) is 25.3 Å². The van der Waals surface area contributed by atoms with Crippen molar-refractivity contribution in [1.29, 1.82) is 0 Å². The first-order valence-corrected chi connectivity index (χ1v) is 10.8. The second-order valence-corrected chi connectivity index (χ2v) is 8.77. The van der Waals surface area contributed by atoms with Crippen LogP contribution in [0.2, 0.25) is 0 Å². The highest BCUT2D eigenvalue weighted by atomic mass is 32.1. The van der Waals surface area contributed by atoms with Crippen molar-refractivity contribution < 1.29 is 14.7 Å². The lowest BCUT2D eigenvalue weighted by atomic mass is 10.0. The van der Waals surface area contributed by atoms with Crippen molar-refractivity contribution in [3.05, 3.63) is 41.0 Å². The minimum atomic E-state index is -0.928. The Morgan fingerprint density at radius 3 is 2.73 bits per heavy atom. The number of anilines is 1. The zero-order valence-electron chi connectivity index (χ0n) is 17.0. The summed E-state index contributed by atoms with van der Waals surface area (Å²) in [6.07, 6.45) is 3.01. The van der Waals surface area contributed by atoms with Crippen molar-refractivity contribution in [1.82, 2.24) is 14.9 Å².